The van der Waals surface area contributed by atoms with Gasteiger partial charge in [-0.2, -0.15) is 5.10 Å². The molecule has 2 rings (SSSR count). The van der Waals surface area contributed by atoms with Gasteiger partial charge in [-0.15, -0.1) is 0 Å². The maximum Gasteiger partial charge on any atom is 0.0537 e. The van der Waals surface area contributed by atoms with Crippen molar-refractivity contribution < 1.29 is 0 Å². The lowest BCUT2D eigenvalue weighted by Gasteiger charge is -2.12. The zero-order valence-electron chi connectivity index (χ0n) is 8.30. The van der Waals surface area contributed by atoms with E-state index < -0.39 is 0 Å². The summed E-state index contributed by atoms with van der Waals surface area (Å²) in [6.45, 7) is 5.42. The lowest BCUT2D eigenvalue weighted by molar-refractivity contribution is 0.547. The number of H-pyrrole nitrogens is 1. The van der Waals surface area contributed by atoms with Gasteiger partial charge >= 0.3 is 0 Å². The first-order valence-corrected chi connectivity index (χ1v) is 5.00. The number of aromatic nitrogens is 2. The third kappa shape index (κ3) is 2.10. The van der Waals surface area contributed by atoms with Gasteiger partial charge < -0.3 is 5.32 Å². The summed E-state index contributed by atoms with van der Waals surface area (Å²) in [6.07, 6.45) is 4.73. The molecule has 0 aromatic carbocycles. The van der Waals surface area contributed by atoms with Crippen molar-refractivity contribution in [3.8, 4) is 0 Å². The van der Waals surface area contributed by atoms with Gasteiger partial charge in [-0.05, 0) is 39.2 Å². The lowest BCUT2D eigenvalue weighted by atomic mass is 10.1. The molecule has 1 atom stereocenters. The second kappa shape index (κ2) is 3.50. The highest BCUT2D eigenvalue weighted by atomic mass is 15.1. The van der Waals surface area contributed by atoms with E-state index in [-0.39, 0.29) is 0 Å². The molecule has 1 aromatic rings. The maximum atomic E-state index is 4.02. The molecule has 1 aliphatic carbocycles. The van der Waals surface area contributed by atoms with E-state index in [4.69, 9.17) is 0 Å². The summed E-state index contributed by atoms with van der Waals surface area (Å²) < 4.78 is 0. The first kappa shape index (κ1) is 8.75. The van der Waals surface area contributed by atoms with E-state index in [9.17, 15) is 0 Å². The van der Waals surface area contributed by atoms with Crippen molar-refractivity contribution >= 4 is 0 Å². The van der Waals surface area contributed by atoms with Crippen LogP contribution in [0.4, 0.5) is 0 Å². The molecule has 0 radical (unpaired) electrons. The average Bonchev–Trinajstić information content (AvgIpc) is 2.84. The number of hydrogen-bond donors (Lipinski definition) is 2. The molecule has 1 aliphatic rings. The van der Waals surface area contributed by atoms with Crippen molar-refractivity contribution in [2.24, 2.45) is 5.92 Å². The molecule has 0 spiro atoms. The fourth-order valence-corrected chi connectivity index (χ4v) is 1.57. The minimum Gasteiger partial charge on any atom is -0.310 e. The SMILES string of the molecule is Cc1[nH]ncc1C(C)NCC1CC1. The van der Waals surface area contributed by atoms with E-state index in [1.54, 1.807) is 0 Å². The Labute approximate surface area is 78.9 Å². The number of hydrogen-bond acceptors (Lipinski definition) is 2. The van der Waals surface area contributed by atoms with Gasteiger partial charge in [0.2, 0.25) is 0 Å². The topological polar surface area (TPSA) is 40.7 Å². The third-order valence-corrected chi connectivity index (χ3v) is 2.75. The van der Waals surface area contributed by atoms with Crippen molar-refractivity contribution in [1.29, 1.82) is 0 Å². The van der Waals surface area contributed by atoms with Gasteiger partial charge in [0.1, 0.15) is 0 Å². The second-order valence-corrected chi connectivity index (χ2v) is 4.02. The maximum absolute atomic E-state index is 4.02. The summed E-state index contributed by atoms with van der Waals surface area (Å²) in [6, 6.07) is 0.430. The average molecular weight is 179 g/mol. The van der Waals surface area contributed by atoms with E-state index in [1.807, 2.05) is 6.20 Å². The predicted octanol–water partition coefficient (Wildman–Crippen LogP) is 1.78. The minimum absolute atomic E-state index is 0.430. The standard InChI is InChI=1S/C10H17N3/c1-7(11-5-9-3-4-9)10-6-12-13-8(10)2/h6-7,9,11H,3-5H2,1-2H3,(H,12,13). The van der Waals surface area contributed by atoms with Crippen LogP contribution in [0, 0.1) is 12.8 Å². The fraction of sp³-hybridized carbons (Fsp3) is 0.700. The van der Waals surface area contributed by atoms with E-state index in [2.05, 4.69) is 29.4 Å². The number of rotatable bonds is 4. The number of aryl methyl sites for hydroxylation is 1. The van der Waals surface area contributed by atoms with Gasteiger partial charge in [0, 0.05) is 17.3 Å². The largest absolute Gasteiger partial charge is 0.310 e. The Morgan fingerprint density at radius 1 is 1.69 bits per heavy atom. The van der Waals surface area contributed by atoms with Crippen LogP contribution >= 0.6 is 0 Å². The van der Waals surface area contributed by atoms with Gasteiger partial charge in [-0.25, -0.2) is 0 Å². The highest BCUT2D eigenvalue weighted by Crippen LogP contribution is 2.28. The molecule has 0 aliphatic heterocycles. The third-order valence-electron chi connectivity index (χ3n) is 2.75. The predicted molar refractivity (Wildman–Crippen MR) is 52.5 cm³/mol. The Morgan fingerprint density at radius 3 is 3.00 bits per heavy atom. The van der Waals surface area contributed by atoms with E-state index in [0.29, 0.717) is 6.04 Å². The Morgan fingerprint density at radius 2 is 2.46 bits per heavy atom. The molecule has 3 nitrogen and oxygen atoms in total. The van der Waals surface area contributed by atoms with Crippen LogP contribution in [-0.2, 0) is 0 Å². The fourth-order valence-electron chi connectivity index (χ4n) is 1.57. The molecule has 2 N–H and O–H groups in total. The Hall–Kier alpha value is -0.830. The summed E-state index contributed by atoms with van der Waals surface area (Å²) >= 11 is 0. The van der Waals surface area contributed by atoms with Crippen molar-refractivity contribution in [1.82, 2.24) is 15.5 Å². The highest BCUT2D eigenvalue weighted by molar-refractivity contribution is 5.18. The normalized spacial score (nSPS) is 18.9. The van der Waals surface area contributed by atoms with Crippen LogP contribution in [0.3, 0.4) is 0 Å². The summed E-state index contributed by atoms with van der Waals surface area (Å²) in [7, 11) is 0. The first-order valence-electron chi connectivity index (χ1n) is 5.00. The molecule has 3 heteroatoms. The molecular weight excluding hydrogens is 162 g/mol. The van der Waals surface area contributed by atoms with Crippen LogP contribution in [-0.4, -0.2) is 16.7 Å². The molecule has 1 heterocycles. The van der Waals surface area contributed by atoms with Gasteiger partial charge in [0.25, 0.3) is 0 Å². The molecule has 1 aromatic heterocycles. The quantitative estimate of drug-likeness (QED) is 0.739. The van der Waals surface area contributed by atoms with Gasteiger partial charge in [0.15, 0.2) is 0 Å². The van der Waals surface area contributed by atoms with Gasteiger partial charge in [-0.1, -0.05) is 0 Å². The van der Waals surface area contributed by atoms with Crippen LogP contribution in [0.15, 0.2) is 6.20 Å². The minimum atomic E-state index is 0.430. The Bertz CT molecular complexity index is 275. The Balaban J connectivity index is 1.88. The van der Waals surface area contributed by atoms with Crippen LogP contribution in [0.5, 0.6) is 0 Å². The van der Waals surface area contributed by atoms with Crippen LogP contribution in [0.2, 0.25) is 0 Å². The summed E-state index contributed by atoms with van der Waals surface area (Å²) in [5.41, 5.74) is 2.47. The van der Waals surface area contributed by atoms with Crippen molar-refractivity contribution in [3.63, 3.8) is 0 Å². The second-order valence-electron chi connectivity index (χ2n) is 4.02. The lowest BCUT2D eigenvalue weighted by Crippen LogP contribution is -2.21. The van der Waals surface area contributed by atoms with E-state index in [1.165, 1.54) is 24.1 Å². The van der Waals surface area contributed by atoms with Gasteiger partial charge in [0.05, 0.1) is 6.20 Å². The van der Waals surface area contributed by atoms with Gasteiger partial charge in [-0.3, -0.25) is 5.10 Å². The summed E-state index contributed by atoms with van der Waals surface area (Å²) in [5, 5.41) is 10.5. The van der Waals surface area contributed by atoms with Crippen molar-refractivity contribution in [3.05, 3.63) is 17.5 Å². The summed E-state index contributed by atoms with van der Waals surface area (Å²) in [5.74, 6) is 0.939. The van der Waals surface area contributed by atoms with Crippen molar-refractivity contribution in [2.45, 2.75) is 32.7 Å². The molecule has 1 fully saturated rings. The van der Waals surface area contributed by atoms with Crippen molar-refractivity contribution in [2.75, 3.05) is 6.54 Å². The summed E-state index contributed by atoms with van der Waals surface area (Å²) in [4.78, 5) is 0. The molecule has 0 saturated heterocycles. The molecule has 1 saturated carbocycles. The number of nitrogens with one attached hydrogen (secondary N) is 2. The molecule has 72 valence electrons. The number of aromatic amines is 1. The molecule has 0 amide bonds. The molecule has 13 heavy (non-hydrogen) atoms. The molecule has 1 unspecified atom stereocenters. The van der Waals surface area contributed by atoms with E-state index in [0.717, 1.165) is 12.5 Å². The molecular formula is C10H17N3. The van der Waals surface area contributed by atoms with Crippen LogP contribution in [0.1, 0.15) is 37.1 Å². The van der Waals surface area contributed by atoms with Crippen LogP contribution < -0.4 is 5.32 Å². The highest BCUT2D eigenvalue weighted by Gasteiger charge is 2.21. The first-order chi connectivity index (χ1) is 6.27. The zero-order chi connectivity index (χ0) is 9.26. The van der Waals surface area contributed by atoms with Crippen LogP contribution in [0.25, 0.3) is 0 Å². The molecule has 0 bridgehead atoms. The number of nitrogens with zero attached hydrogens (tertiary/aromatic N) is 1. The smallest absolute Gasteiger partial charge is 0.0537 e. The monoisotopic (exact) mass is 179 g/mol. The zero-order valence-corrected chi connectivity index (χ0v) is 8.30. The van der Waals surface area contributed by atoms with E-state index >= 15 is 0 Å². The Kier molecular flexibility index (Phi) is 2.36.